The van der Waals surface area contributed by atoms with Crippen LogP contribution < -0.4 is 5.32 Å². The molecule has 1 aliphatic heterocycles. The molecule has 1 aromatic rings. The molecule has 1 saturated heterocycles. The molecule has 1 aromatic heterocycles. The van der Waals surface area contributed by atoms with Gasteiger partial charge in [-0.1, -0.05) is 13.8 Å². The molecule has 0 amide bonds. The first-order valence-corrected chi connectivity index (χ1v) is 5.49. The van der Waals surface area contributed by atoms with Crippen molar-refractivity contribution in [2.75, 3.05) is 13.1 Å². The van der Waals surface area contributed by atoms with Crippen LogP contribution in [0, 0.1) is 5.92 Å². The second-order valence-corrected chi connectivity index (χ2v) is 4.51. The summed E-state index contributed by atoms with van der Waals surface area (Å²) in [7, 11) is 0. The molecule has 1 atom stereocenters. The summed E-state index contributed by atoms with van der Waals surface area (Å²) in [6.45, 7) is 7.80. The average molecular weight is 193 g/mol. The van der Waals surface area contributed by atoms with Gasteiger partial charge in [0.15, 0.2) is 0 Å². The fourth-order valence-corrected chi connectivity index (χ4v) is 1.91. The van der Waals surface area contributed by atoms with E-state index < -0.39 is 0 Å². The summed E-state index contributed by atoms with van der Waals surface area (Å²) >= 11 is 0. The van der Waals surface area contributed by atoms with E-state index in [9.17, 15) is 0 Å². The zero-order chi connectivity index (χ0) is 9.97. The first kappa shape index (κ1) is 9.71. The highest BCUT2D eigenvalue weighted by Gasteiger charge is 2.15. The lowest BCUT2D eigenvalue weighted by Crippen LogP contribution is -2.14. The number of nitrogens with zero attached hydrogens (tertiary/aromatic N) is 2. The topological polar surface area (TPSA) is 29.9 Å². The van der Waals surface area contributed by atoms with Crippen molar-refractivity contribution in [3.05, 3.63) is 18.0 Å². The monoisotopic (exact) mass is 193 g/mol. The number of rotatable bonds is 3. The molecule has 1 N–H and O–H groups in total. The second-order valence-electron chi connectivity index (χ2n) is 4.51. The van der Waals surface area contributed by atoms with E-state index in [1.807, 2.05) is 6.20 Å². The zero-order valence-corrected chi connectivity index (χ0v) is 9.03. The number of hydrogen-bond donors (Lipinski definition) is 1. The van der Waals surface area contributed by atoms with E-state index in [-0.39, 0.29) is 0 Å². The molecule has 0 saturated carbocycles. The zero-order valence-electron chi connectivity index (χ0n) is 9.03. The van der Waals surface area contributed by atoms with Gasteiger partial charge in [-0.2, -0.15) is 5.10 Å². The Kier molecular flexibility index (Phi) is 2.87. The van der Waals surface area contributed by atoms with E-state index in [0.29, 0.717) is 5.92 Å². The molecule has 78 valence electrons. The lowest BCUT2D eigenvalue weighted by molar-refractivity contribution is 0.449. The first-order valence-electron chi connectivity index (χ1n) is 5.49. The van der Waals surface area contributed by atoms with Crippen molar-refractivity contribution in [3.63, 3.8) is 0 Å². The summed E-state index contributed by atoms with van der Waals surface area (Å²) in [4.78, 5) is 0. The Bertz CT molecular complexity index is 284. The van der Waals surface area contributed by atoms with Crippen molar-refractivity contribution in [2.45, 2.75) is 32.7 Å². The lowest BCUT2D eigenvalue weighted by atomic mass is 10.1. The molecule has 2 heterocycles. The van der Waals surface area contributed by atoms with E-state index >= 15 is 0 Å². The van der Waals surface area contributed by atoms with E-state index in [1.54, 1.807) is 0 Å². The van der Waals surface area contributed by atoms with Gasteiger partial charge in [0.25, 0.3) is 0 Å². The molecule has 0 aliphatic carbocycles. The minimum atomic E-state index is 0.588. The van der Waals surface area contributed by atoms with Crippen molar-refractivity contribution in [1.82, 2.24) is 15.1 Å². The van der Waals surface area contributed by atoms with E-state index in [4.69, 9.17) is 0 Å². The fraction of sp³-hybridized carbons (Fsp3) is 0.727. The van der Waals surface area contributed by atoms with Crippen LogP contribution >= 0.6 is 0 Å². The van der Waals surface area contributed by atoms with Crippen LogP contribution in [-0.4, -0.2) is 22.9 Å². The lowest BCUT2D eigenvalue weighted by Gasteiger charge is -2.07. The molecule has 0 unspecified atom stereocenters. The third kappa shape index (κ3) is 2.15. The van der Waals surface area contributed by atoms with Crippen LogP contribution in [-0.2, 0) is 6.54 Å². The number of nitrogens with one attached hydrogen (secondary N) is 1. The van der Waals surface area contributed by atoms with Gasteiger partial charge in [0.05, 0.1) is 6.20 Å². The van der Waals surface area contributed by atoms with Gasteiger partial charge in [-0.05, 0) is 36.9 Å². The largest absolute Gasteiger partial charge is 0.316 e. The maximum Gasteiger partial charge on any atom is 0.0524 e. The van der Waals surface area contributed by atoms with Crippen molar-refractivity contribution in [3.8, 4) is 0 Å². The van der Waals surface area contributed by atoms with E-state index in [2.05, 4.69) is 35.1 Å². The Morgan fingerprint density at radius 1 is 1.64 bits per heavy atom. The Labute approximate surface area is 85.5 Å². The standard InChI is InChI=1S/C11H19N3/c1-9(2)11-6-13-14(8-11)7-10-3-4-12-5-10/h6,8-10,12H,3-5,7H2,1-2H3/t10-/m1/s1. The summed E-state index contributed by atoms with van der Waals surface area (Å²) in [5.74, 6) is 1.36. The van der Waals surface area contributed by atoms with Gasteiger partial charge in [-0.25, -0.2) is 0 Å². The molecule has 0 aromatic carbocycles. The average Bonchev–Trinajstić information content (AvgIpc) is 2.75. The highest BCUT2D eigenvalue weighted by atomic mass is 15.3. The minimum Gasteiger partial charge on any atom is -0.316 e. The van der Waals surface area contributed by atoms with Gasteiger partial charge < -0.3 is 5.32 Å². The van der Waals surface area contributed by atoms with Gasteiger partial charge in [-0.3, -0.25) is 4.68 Å². The van der Waals surface area contributed by atoms with Crippen LogP contribution in [0.1, 0.15) is 31.7 Å². The molecule has 0 bridgehead atoms. The maximum absolute atomic E-state index is 4.39. The highest BCUT2D eigenvalue weighted by molar-refractivity contribution is 5.08. The Hall–Kier alpha value is -0.830. The molecule has 0 radical (unpaired) electrons. The van der Waals surface area contributed by atoms with Crippen LogP contribution in [0.4, 0.5) is 0 Å². The van der Waals surface area contributed by atoms with Crippen LogP contribution in [0.15, 0.2) is 12.4 Å². The number of hydrogen-bond acceptors (Lipinski definition) is 2. The second kappa shape index (κ2) is 4.13. The summed E-state index contributed by atoms with van der Waals surface area (Å²) in [5.41, 5.74) is 1.34. The molecule has 3 nitrogen and oxygen atoms in total. The molecule has 1 aliphatic rings. The SMILES string of the molecule is CC(C)c1cnn(C[C@@H]2CCNC2)c1. The molecular weight excluding hydrogens is 174 g/mol. The Balaban J connectivity index is 1.95. The van der Waals surface area contributed by atoms with Crippen molar-refractivity contribution in [1.29, 1.82) is 0 Å². The Morgan fingerprint density at radius 3 is 3.07 bits per heavy atom. The molecule has 14 heavy (non-hydrogen) atoms. The van der Waals surface area contributed by atoms with Gasteiger partial charge in [0, 0.05) is 12.7 Å². The van der Waals surface area contributed by atoms with Crippen LogP contribution in [0.3, 0.4) is 0 Å². The molecule has 1 fully saturated rings. The van der Waals surface area contributed by atoms with Crippen LogP contribution in [0.25, 0.3) is 0 Å². The van der Waals surface area contributed by atoms with Gasteiger partial charge in [0.2, 0.25) is 0 Å². The van der Waals surface area contributed by atoms with Crippen LogP contribution in [0.5, 0.6) is 0 Å². The first-order chi connectivity index (χ1) is 6.75. The fourth-order valence-electron chi connectivity index (χ4n) is 1.91. The predicted octanol–water partition coefficient (Wildman–Crippen LogP) is 1.62. The van der Waals surface area contributed by atoms with E-state index in [0.717, 1.165) is 19.0 Å². The minimum absolute atomic E-state index is 0.588. The van der Waals surface area contributed by atoms with Crippen molar-refractivity contribution >= 4 is 0 Å². The maximum atomic E-state index is 4.39. The van der Waals surface area contributed by atoms with Crippen molar-refractivity contribution in [2.24, 2.45) is 5.92 Å². The Morgan fingerprint density at radius 2 is 2.50 bits per heavy atom. The number of aromatic nitrogens is 2. The summed E-state index contributed by atoms with van der Waals surface area (Å²) in [5, 5.41) is 7.77. The highest BCUT2D eigenvalue weighted by Crippen LogP contribution is 2.15. The molecular formula is C11H19N3. The summed E-state index contributed by atoms with van der Waals surface area (Å²) < 4.78 is 2.09. The third-order valence-electron chi connectivity index (χ3n) is 2.93. The predicted molar refractivity (Wildman–Crippen MR) is 57.3 cm³/mol. The normalized spacial score (nSPS) is 22.1. The summed E-state index contributed by atoms with van der Waals surface area (Å²) in [6, 6.07) is 0. The quantitative estimate of drug-likeness (QED) is 0.790. The van der Waals surface area contributed by atoms with Gasteiger partial charge in [-0.15, -0.1) is 0 Å². The van der Waals surface area contributed by atoms with E-state index in [1.165, 1.54) is 18.5 Å². The molecule has 3 heteroatoms. The molecule has 0 spiro atoms. The molecule has 2 rings (SSSR count). The van der Waals surface area contributed by atoms with Crippen molar-refractivity contribution < 1.29 is 0 Å². The third-order valence-corrected chi connectivity index (χ3v) is 2.93. The summed E-state index contributed by atoms with van der Waals surface area (Å²) in [6.07, 6.45) is 5.47. The van der Waals surface area contributed by atoms with Gasteiger partial charge >= 0.3 is 0 Å². The smallest absolute Gasteiger partial charge is 0.0524 e. The van der Waals surface area contributed by atoms with Crippen LogP contribution in [0.2, 0.25) is 0 Å². The van der Waals surface area contributed by atoms with Gasteiger partial charge in [0.1, 0.15) is 0 Å².